The van der Waals surface area contributed by atoms with Crippen molar-refractivity contribution in [2.45, 2.75) is 64.6 Å². The van der Waals surface area contributed by atoms with Gasteiger partial charge in [0, 0.05) is 29.9 Å². The Morgan fingerprint density at radius 3 is 2.41 bits per heavy atom. The van der Waals surface area contributed by atoms with Crippen LogP contribution in [-0.2, 0) is 5.41 Å². The van der Waals surface area contributed by atoms with E-state index in [9.17, 15) is 0 Å². The van der Waals surface area contributed by atoms with Crippen molar-refractivity contribution >= 4 is 19.0 Å². The van der Waals surface area contributed by atoms with Crippen LogP contribution in [0.3, 0.4) is 0 Å². The number of fused-ring (bicyclic) bond motifs is 1. The maximum absolute atomic E-state index is 6.43. The molecule has 2 aromatic carbocycles. The zero-order valence-electron chi connectivity index (χ0n) is 20.8. The van der Waals surface area contributed by atoms with Crippen molar-refractivity contribution in [3.8, 4) is 5.75 Å². The Kier molecular flexibility index (Phi) is 6.15. The molecular weight excluding hydrogens is 406 g/mol. The molecule has 32 heavy (non-hydrogen) atoms. The summed E-state index contributed by atoms with van der Waals surface area (Å²) in [5.74, 6) is 1.09. The molecule has 0 saturated carbocycles. The Hall–Kier alpha value is -2.26. The van der Waals surface area contributed by atoms with Gasteiger partial charge in [0.15, 0.2) is 0 Å². The number of nitrogens with zero attached hydrogens (tertiary/aromatic N) is 1. The van der Waals surface area contributed by atoms with Gasteiger partial charge in [-0.3, -0.25) is 0 Å². The van der Waals surface area contributed by atoms with E-state index in [0.717, 1.165) is 5.75 Å². The van der Waals surface area contributed by atoms with Gasteiger partial charge in [0.05, 0.1) is 8.07 Å². The minimum atomic E-state index is -2.00. The highest BCUT2D eigenvalue weighted by Gasteiger charge is 2.45. The summed E-state index contributed by atoms with van der Waals surface area (Å²) in [6, 6.07) is 16.0. The molecule has 1 aliphatic carbocycles. The molecule has 0 radical (unpaired) electrons. The molecule has 2 nitrogen and oxygen atoms in total. The molecular formula is C29H39NOSi. The third kappa shape index (κ3) is 3.85. The smallest absolute Gasteiger partial charge is 0.122 e. The minimum Gasteiger partial charge on any atom is -0.489 e. The van der Waals surface area contributed by atoms with E-state index in [1.807, 2.05) is 6.08 Å². The summed E-state index contributed by atoms with van der Waals surface area (Å²) in [5, 5.41) is 1.42. The van der Waals surface area contributed by atoms with E-state index in [4.69, 9.17) is 4.74 Å². The standard InChI is InChI=1S/C29H39NOSi/c1-8-20-31-27-24(29(3,4)5)16-13-17-25(27)32(6,7)28-21(2)26(30-18-11-12-19-30)22-14-9-10-15-23(22)28/h8-10,13-17,28H,1,11-12,18-20H2,2-7H3. The molecule has 2 aliphatic rings. The molecule has 0 N–H and O–H groups in total. The largest absolute Gasteiger partial charge is 0.489 e. The van der Waals surface area contributed by atoms with E-state index in [1.54, 1.807) is 5.57 Å². The van der Waals surface area contributed by atoms with E-state index >= 15 is 0 Å². The summed E-state index contributed by atoms with van der Waals surface area (Å²) in [7, 11) is -2.00. The van der Waals surface area contributed by atoms with Crippen LogP contribution < -0.4 is 9.92 Å². The number of para-hydroxylation sites is 1. The van der Waals surface area contributed by atoms with Gasteiger partial charge in [-0.2, -0.15) is 0 Å². The van der Waals surface area contributed by atoms with Crippen molar-refractivity contribution < 1.29 is 4.74 Å². The normalized spacial score (nSPS) is 18.8. The summed E-state index contributed by atoms with van der Waals surface area (Å²) >= 11 is 0. The predicted molar refractivity (Wildman–Crippen MR) is 141 cm³/mol. The van der Waals surface area contributed by atoms with Crippen LogP contribution in [-0.4, -0.2) is 32.7 Å². The first kappa shape index (κ1) is 22.9. The Labute approximate surface area is 196 Å². The molecule has 1 aliphatic heterocycles. The zero-order chi connectivity index (χ0) is 23.1. The highest BCUT2D eigenvalue weighted by molar-refractivity contribution is 6.92. The summed E-state index contributed by atoms with van der Waals surface area (Å²) in [6.07, 6.45) is 4.47. The third-order valence-electron chi connectivity index (χ3n) is 7.34. The van der Waals surface area contributed by atoms with Crippen molar-refractivity contribution in [1.82, 2.24) is 4.90 Å². The quantitative estimate of drug-likeness (QED) is 0.365. The third-order valence-corrected chi connectivity index (χ3v) is 11.3. The second-order valence-corrected chi connectivity index (χ2v) is 15.6. The molecule has 170 valence electrons. The maximum Gasteiger partial charge on any atom is 0.122 e. The fourth-order valence-corrected chi connectivity index (χ4v) is 9.80. The Morgan fingerprint density at radius 2 is 1.75 bits per heavy atom. The van der Waals surface area contributed by atoms with Crippen LogP contribution in [0.1, 0.15) is 62.8 Å². The van der Waals surface area contributed by atoms with E-state index in [2.05, 4.69) is 94.7 Å². The molecule has 0 bridgehead atoms. The second-order valence-electron chi connectivity index (χ2n) is 11.0. The Balaban J connectivity index is 1.89. The van der Waals surface area contributed by atoms with Crippen LogP contribution in [0.2, 0.25) is 13.1 Å². The molecule has 1 saturated heterocycles. The first-order chi connectivity index (χ1) is 15.2. The second kappa shape index (κ2) is 8.59. The fraction of sp³-hybridized carbons (Fsp3) is 0.448. The van der Waals surface area contributed by atoms with Crippen LogP contribution in [0.4, 0.5) is 0 Å². The maximum atomic E-state index is 6.43. The van der Waals surface area contributed by atoms with E-state index in [1.165, 1.54) is 53.5 Å². The number of benzene rings is 2. The van der Waals surface area contributed by atoms with Crippen molar-refractivity contribution in [1.29, 1.82) is 0 Å². The zero-order valence-corrected chi connectivity index (χ0v) is 21.8. The van der Waals surface area contributed by atoms with Gasteiger partial charge in [0.1, 0.15) is 12.4 Å². The monoisotopic (exact) mass is 445 g/mol. The molecule has 0 aromatic heterocycles. The van der Waals surface area contributed by atoms with Gasteiger partial charge in [-0.15, -0.1) is 0 Å². The first-order valence-electron chi connectivity index (χ1n) is 12.1. The Bertz CT molecular complexity index is 1040. The van der Waals surface area contributed by atoms with Gasteiger partial charge >= 0.3 is 0 Å². The summed E-state index contributed by atoms with van der Waals surface area (Å²) < 4.78 is 6.43. The average molecular weight is 446 g/mol. The molecule has 1 atom stereocenters. The topological polar surface area (TPSA) is 12.5 Å². The SMILES string of the molecule is C=CCOc1c(C(C)(C)C)cccc1[Si](C)(C)C1C(C)=C(N2CCCC2)c2ccccc21. The lowest BCUT2D eigenvalue weighted by molar-refractivity contribution is 0.354. The van der Waals surface area contributed by atoms with Gasteiger partial charge in [-0.25, -0.2) is 0 Å². The number of hydrogen-bond donors (Lipinski definition) is 0. The minimum absolute atomic E-state index is 0.0240. The number of allylic oxidation sites excluding steroid dienone is 1. The van der Waals surface area contributed by atoms with Crippen molar-refractivity contribution in [2.24, 2.45) is 0 Å². The van der Waals surface area contributed by atoms with Gasteiger partial charge < -0.3 is 9.64 Å². The van der Waals surface area contributed by atoms with Gasteiger partial charge in [-0.1, -0.05) is 89.0 Å². The van der Waals surface area contributed by atoms with E-state index < -0.39 is 8.07 Å². The molecule has 1 heterocycles. The van der Waals surface area contributed by atoms with Crippen molar-refractivity contribution in [2.75, 3.05) is 19.7 Å². The molecule has 0 spiro atoms. The highest BCUT2D eigenvalue weighted by atomic mass is 28.3. The number of rotatable bonds is 6. The average Bonchev–Trinajstić information content (AvgIpc) is 3.36. The lowest BCUT2D eigenvalue weighted by Gasteiger charge is -2.36. The summed E-state index contributed by atoms with van der Waals surface area (Å²) in [6.45, 7) is 21.1. The molecule has 0 amide bonds. The van der Waals surface area contributed by atoms with Gasteiger partial charge in [0.2, 0.25) is 0 Å². The van der Waals surface area contributed by atoms with Gasteiger partial charge in [-0.05, 0) is 47.1 Å². The molecule has 1 fully saturated rings. The predicted octanol–water partition coefficient (Wildman–Crippen LogP) is 6.63. The van der Waals surface area contributed by atoms with Crippen LogP contribution in [0.25, 0.3) is 5.70 Å². The van der Waals surface area contributed by atoms with Crippen LogP contribution in [0.15, 0.2) is 60.7 Å². The number of likely N-dealkylation sites (tertiary alicyclic amines) is 1. The van der Waals surface area contributed by atoms with Crippen LogP contribution in [0.5, 0.6) is 5.75 Å². The molecule has 1 unspecified atom stereocenters. The van der Waals surface area contributed by atoms with E-state index in [0.29, 0.717) is 12.1 Å². The first-order valence-corrected chi connectivity index (χ1v) is 15.2. The lowest BCUT2D eigenvalue weighted by atomic mass is 9.86. The summed E-state index contributed by atoms with van der Waals surface area (Å²) in [5.41, 5.74) is 7.80. The van der Waals surface area contributed by atoms with Crippen LogP contribution >= 0.6 is 0 Å². The number of hydrogen-bond acceptors (Lipinski definition) is 2. The number of ether oxygens (including phenoxy) is 1. The van der Waals surface area contributed by atoms with E-state index in [-0.39, 0.29) is 5.41 Å². The lowest BCUT2D eigenvalue weighted by Crippen LogP contribution is -2.49. The van der Waals surface area contributed by atoms with Gasteiger partial charge in [0.25, 0.3) is 0 Å². The molecule has 4 rings (SSSR count). The van der Waals surface area contributed by atoms with Crippen molar-refractivity contribution in [3.63, 3.8) is 0 Å². The highest BCUT2D eigenvalue weighted by Crippen LogP contribution is 2.49. The fourth-order valence-electron chi connectivity index (χ4n) is 5.93. The van der Waals surface area contributed by atoms with Crippen molar-refractivity contribution in [3.05, 3.63) is 77.4 Å². The molecule has 3 heteroatoms. The summed E-state index contributed by atoms with van der Waals surface area (Å²) in [4.78, 5) is 2.64. The van der Waals surface area contributed by atoms with Crippen LogP contribution in [0, 0.1) is 0 Å². The Morgan fingerprint density at radius 1 is 1.06 bits per heavy atom. The molecule has 2 aromatic rings.